The average molecular weight is 677 g/mol. The number of esters is 2. The minimum Gasteiger partial charge on any atom is -0.462 e. The summed E-state index contributed by atoms with van der Waals surface area (Å²) in [4.78, 5) is 34.6. The van der Waals surface area contributed by atoms with Crippen LogP contribution in [0.25, 0.3) is 0 Å². The largest absolute Gasteiger partial charge is 0.472 e. The Kier molecular flexibility index (Phi) is 30.9. The van der Waals surface area contributed by atoms with Gasteiger partial charge in [0.05, 0.1) is 19.8 Å². The molecule has 0 amide bonds. The fraction of sp³-hybridized carbons (Fsp3) is 0.829. The number of hydrogen-bond donors (Lipinski definition) is 3. The zero-order valence-electron chi connectivity index (χ0n) is 28.8. The molecule has 0 radical (unpaired) electrons. The molecule has 0 aliphatic carbocycles. The molecule has 0 bridgehead atoms. The number of hydrogen-bond acceptors (Lipinski definition) is 9. The van der Waals surface area contributed by atoms with Crippen molar-refractivity contribution in [1.82, 2.24) is 0 Å². The van der Waals surface area contributed by atoms with Crippen molar-refractivity contribution in [3.63, 3.8) is 0 Å². The zero-order chi connectivity index (χ0) is 34.1. The van der Waals surface area contributed by atoms with Crippen LogP contribution in [0, 0.1) is 0 Å². The van der Waals surface area contributed by atoms with Crippen LogP contribution in [0.4, 0.5) is 0 Å². The van der Waals surface area contributed by atoms with Crippen LogP contribution in [0.5, 0.6) is 0 Å². The van der Waals surface area contributed by atoms with Crippen molar-refractivity contribution in [3.8, 4) is 0 Å². The summed E-state index contributed by atoms with van der Waals surface area (Å²) in [5, 5.41) is 18.2. The third kappa shape index (κ3) is 31.1. The van der Waals surface area contributed by atoms with Crippen molar-refractivity contribution < 1.29 is 47.8 Å². The molecule has 0 fully saturated rings. The normalized spacial score (nSPS) is 14.5. The lowest BCUT2D eigenvalue weighted by molar-refractivity contribution is -0.161. The molecule has 3 atom stereocenters. The molecule has 0 heterocycles. The van der Waals surface area contributed by atoms with Gasteiger partial charge < -0.3 is 24.6 Å². The monoisotopic (exact) mass is 676 g/mol. The summed E-state index contributed by atoms with van der Waals surface area (Å²) in [6.07, 6.45) is 27.4. The number of phosphoric acid groups is 1. The minimum atomic E-state index is -4.60. The predicted molar refractivity (Wildman–Crippen MR) is 182 cm³/mol. The first-order chi connectivity index (χ1) is 22.2. The Balaban J connectivity index is 4.37. The van der Waals surface area contributed by atoms with Gasteiger partial charge in [0.25, 0.3) is 0 Å². The van der Waals surface area contributed by atoms with Gasteiger partial charge in [0, 0.05) is 12.8 Å². The van der Waals surface area contributed by atoms with Gasteiger partial charge in [-0.15, -0.1) is 0 Å². The molecule has 0 saturated carbocycles. The van der Waals surface area contributed by atoms with E-state index in [1.54, 1.807) is 0 Å². The molecular formula is C35H65O10P. The number of allylic oxidation sites excluding steroid dienone is 4. The summed E-state index contributed by atoms with van der Waals surface area (Å²) in [6, 6.07) is 0. The predicted octanol–water partition coefficient (Wildman–Crippen LogP) is 8.27. The molecule has 0 spiro atoms. The van der Waals surface area contributed by atoms with Crippen LogP contribution in [0.2, 0.25) is 0 Å². The van der Waals surface area contributed by atoms with E-state index in [2.05, 4.69) is 42.7 Å². The number of aliphatic hydroxyl groups is 2. The lowest BCUT2D eigenvalue weighted by Gasteiger charge is -2.20. The van der Waals surface area contributed by atoms with Gasteiger partial charge in [-0.3, -0.25) is 18.6 Å². The number of rotatable bonds is 33. The highest BCUT2D eigenvalue weighted by Crippen LogP contribution is 2.43. The van der Waals surface area contributed by atoms with E-state index in [1.807, 2.05) is 0 Å². The number of ether oxygens (including phenoxy) is 2. The van der Waals surface area contributed by atoms with E-state index in [4.69, 9.17) is 19.1 Å². The molecule has 0 aliphatic heterocycles. The van der Waals surface area contributed by atoms with Crippen LogP contribution in [0.15, 0.2) is 24.3 Å². The molecule has 11 heteroatoms. The SMILES string of the molecule is CCCCC/C=C/C/C=C/CCCCCCCC(=O)OC[C@@H](COP(=O)(O)OC[C@H](O)CO)OC(=O)CCCCCCCCCC. The Morgan fingerprint density at radius 3 is 1.72 bits per heavy atom. The van der Waals surface area contributed by atoms with Crippen molar-refractivity contribution in [3.05, 3.63) is 24.3 Å². The first-order valence-electron chi connectivity index (χ1n) is 17.8. The van der Waals surface area contributed by atoms with Crippen LogP contribution >= 0.6 is 7.82 Å². The van der Waals surface area contributed by atoms with Crippen LogP contribution < -0.4 is 0 Å². The fourth-order valence-corrected chi connectivity index (χ4v) is 5.34. The maximum absolute atomic E-state index is 12.4. The number of aliphatic hydroxyl groups excluding tert-OH is 2. The third-order valence-electron chi connectivity index (χ3n) is 7.36. The molecule has 46 heavy (non-hydrogen) atoms. The molecule has 0 aromatic carbocycles. The Labute approximate surface area is 278 Å². The molecule has 0 aliphatic rings. The first kappa shape index (κ1) is 44.5. The van der Waals surface area contributed by atoms with Gasteiger partial charge in [0.2, 0.25) is 0 Å². The fourth-order valence-electron chi connectivity index (χ4n) is 4.55. The molecule has 0 aromatic heterocycles. The van der Waals surface area contributed by atoms with Crippen molar-refractivity contribution >= 4 is 19.8 Å². The highest BCUT2D eigenvalue weighted by molar-refractivity contribution is 7.47. The summed E-state index contributed by atoms with van der Waals surface area (Å²) in [6.45, 7) is 2.27. The van der Waals surface area contributed by atoms with Crippen molar-refractivity contribution in [1.29, 1.82) is 0 Å². The molecule has 3 N–H and O–H groups in total. The van der Waals surface area contributed by atoms with E-state index in [0.29, 0.717) is 12.8 Å². The molecule has 0 rings (SSSR count). The van der Waals surface area contributed by atoms with Gasteiger partial charge in [-0.05, 0) is 44.9 Å². The van der Waals surface area contributed by atoms with E-state index in [1.165, 1.54) is 51.4 Å². The third-order valence-corrected chi connectivity index (χ3v) is 8.31. The van der Waals surface area contributed by atoms with Crippen LogP contribution in [-0.4, -0.2) is 65.7 Å². The second-order valence-corrected chi connectivity index (χ2v) is 13.4. The lowest BCUT2D eigenvalue weighted by atomic mass is 10.1. The Morgan fingerprint density at radius 1 is 0.652 bits per heavy atom. The first-order valence-corrected chi connectivity index (χ1v) is 19.3. The number of unbranched alkanes of at least 4 members (excludes halogenated alkanes) is 15. The molecule has 270 valence electrons. The molecule has 1 unspecified atom stereocenters. The summed E-state index contributed by atoms with van der Waals surface area (Å²) < 4.78 is 32.4. The quantitative estimate of drug-likeness (QED) is 0.0268. The number of carbonyl (C=O) groups excluding carboxylic acids is 2. The lowest BCUT2D eigenvalue weighted by Crippen LogP contribution is -2.29. The van der Waals surface area contributed by atoms with E-state index < -0.39 is 51.8 Å². The maximum atomic E-state index is 12.4. The van der Waals surface area contributed by atoms with Gasteiger partial charge >= 0.3 is 19.8 Å². The van der Waals surface area contributed by atoms with Gasteiger partial charge in [0.15, 0.2) is 6.10 Å². The smallest absolute Gasteiger partial charge is 0.462 e. The van der Waals surface area contributed by atoms with Crippen molar-refractivity contribution in [2.45, 2.75) is 161 Å². The Bertz CT molecular complexity index is 832. The average Bonchev–Trinajstić information content (AvgIpc) is 3.04. The summed E-state index contributed by atoms with van der Waals surface area (Å²) in [7, 11) is -4.60. The second-order valence-electron chi connectivity index (χ2n) is 11.9. The minimum absolute atomic E-state index is 0.182. The zero-order valence-corrected chi connectivity index (χ0v) is 29.7. The van der Waals surface area contributed by atoms with E-state index in [-0.39, 0.29) is 19.4 Å². The van der Waals surface area contributed by atoms with Crippen molar-refractivity contribution in [2.75, 3.05) is 26.4 Å². The number of carbonyl (C=O) groups is 2. The topological polar surface area (TPSA) is 149 Å². The standard InChI is InChI=1S/C35H65O10P/c1-3-5-7-9-11-13-14-15-16-17-18-19-21-22-24-26-34(38)42-30-33(31-44-46(40,41)43-29-32(37)28-36)45-35(39)27-25-23-20-12-10-8-6-4-2/h11,13,15-16,32-33,36-37H,3-10,12,14,17-31H2,1-2H3,(H,40,41)/b13-11+,16-15+/t32-,33+/m1/s1. The summed E-state index contributed by atoms with van der Waals surface area (Å²) in [5.41, 5.74) is 0. The molecule has 0 aromatic rings. The van der Waals surface area contributed by atoms with E-state index in [0.717, 1.165) is 57.8 Å². The maximum Gasteiger partial charge on any atom is 0.472 e. The molecule has 0 saturated heterocycles. The Hall–Kier alpha value is -1.55. The van der Waals surface area contributed by atoms with Gasteiger partial charge in [-0.2, -0.15) is 0 Å². The van der Waals surface area contributed by atoms with Gasteiger partial charge in [0.1, 0.15) is 12.7 Å². The summed E-state index contributed by atoms with van der Waals surface area (Å²) >= 11 is 0. The number of phosphoric ester groups is 1. The van der Waals surface area contributed by atoms with Crippen LogP contribution in [0.1, 0.15) is 149 Å². The molecular weight excluding hydrogens is 611 g/mol. The van der Waals surface area contributed by atoms with Gasteiger partial charge in [-0.25, -0.2) is 4.57 Å². The Morgan fingerprint density at radius 2 is 1.13 bits per heavy atom. The van der Waals surface area contributed by atoms with Gasteiger partial charge in [-0.1, -0.05) is 115 Å². The van der Waals surface area contributed by atoms with Crippen molar-refractivity contribution in [2.24, 2.45) is 0 Å². The van der Waals surface area contributed by atoms with Crippen LogP contribution in [0.3, 0.4) is 0 Å². The molecule has 10 nitrogen and oxygen atoms in total. The highest BCUT2D eigenvalue weighted by atomic mass is 31.2. The van der Waals surface area contributed by atoms with E-state index in [9.17, 15) is 24.2 Å². The highest BCUT2D eigenvalue weighted by Gasteiger charge is 2.27. The second kappa shape index (κ2) is 32.0. The van der Waals surface area contributed by atoms with E-state index >= 15 is 0 Å². The van der Waals surface area contributed by atoms with Crippen LogP contribution in [-0.2, 0) is 32.7 Å². The summed E-state index contributed by atoms with van der Waals surface area (Å²) in [5.74, 6) is -0.946.